The summed E-state index contributed by atoms with van der Waals surface area (Å²) >= 11 is 0. The van der Waals surface area contributed by atoms with E-state index in [0.717, 1.165) is 0 Å². The van der Waals surface area contributed by atoms with Crippen LogP contribution >= 0.6 is 0 Å². The van der Waals surface area contributed by atoms with Crippen molar-refractivity contribution in [3.8, 4) is 11.5 Å². The lowest BCUT2D eigenvalue weighted by Crippen LogP contribution is -2.33. The number of primary amides is 1. The van der Waals surface area contributed by atoms with Crippen molar-refractivity contribution in [2.24, 2.45) is 5.73 Å². The van der Waals surface area contributed by atoms with Crippen LogP contribution in [0.25, 0.3) is 0 Å². The maximum absolute atomic E-state index is 11.4. The number of methoxy groups -OCH3 is 2. The van der Waals surface area contributed by atoms with Gasteiger partial charge in [-0.3, -0.25) is 4.79 Å². The first-order valence-corrected chi connectivity index (χ1v) is 5.39. The summed E-state index contributed by atoms with van der Waals surface area (Å²) in [5.41, 5.74) is 6.05. The summed E-state index contributed by atoms with van der Waals surface area (Å²) in [7, 11) is 3.08. The van der Waals surface area contributed by atoms with Gasteiger partial charge < -0.3 is 20.5 Å². The average molecular weight is 238 g/mol. The number of ether oxygens (including phenoxy) is 2. The number of hydrogen-bond donors (Lipinski definition) is 2. The maximum Gasteiger partial charge on any atom is 0.239 e. The lowest BCUT2D eigenvalue weighted by Gasteiger charge is -2.19. The maximum atomic E-state index is 11.4. The number of likely N-dealkylation sites (N-methyl/N-ethyl adjacent to an activating group) is 1. The van der Waals surface area contributed by atoms with Gasteiger partial charge in [-0.2, -0.15) is 0 Å². The van der Waals surface area contributed by atoms with Gasteiger partial charge in [0.25, 0.3) is 0 Å². The fourth-order valence-electron chi connectivity index (χ4n) is 1.71. The molecule has 0 radical (unpaired) electrons. The second-order valence-corrected chi connectivity index (χ2v) is 3.48. The molecule has 1 atom stereocenters. The Morgan fingerprint density at radius 1 is 1.41 bits per heavy atom. The molecule has 1 aromatic carbocycles. The third-order valence-electron chi connectivity index (χ3n) is 2.44. The lowest BCUT2D eigenvalue weighted by atomic mass is 10.0. The molecule has 1 rings (SSSR count). The molecule has 0 fully saturated rings. The standard InChI is InChI=1S/C12H18N2O3/c1-4-14-10(12(13)15)8-6-5-7-9(16-2)11(8)17-3/h5-7,10,14H,4H2,1-3H3,(H2,13,15). The zero-order valence-electron chi connectivity index (χ0n) is 10.3. The van der Waals surface area contributed by atoms with Gasteiger partial charge >= 0.3 is 0 Å². The van der Waals surface area contributed by atoms with Crippen molar-refractivity contribution in [2.45, 2.75) is 13.0 Å². The number of benzene rings is 1. The molecule has 94 valence electrons. The van der Waals surface area contributed by atoms with Crippen molar-refractivity contribution < 1.29 is 14.3 Å². The van der Waals surface area contributed by atoms with E-state index < -0.39 is 11.9 Å². The third kappa shape index (κ3) is 2.88. The van der Waals surface area contributed by atoms with Crippen LogP contribution in [0.1, 0.15) is 18.5 Å². The van der Waals surface area contributed by atoms with Crippen molar-refractivity contribution in [1.29, 1.82) is 0 Å². The first kappa shape index (κ1) is 13.3. The molecule has 1 unspecified atom stereocenters. The Balaban J connectivity index is 3.22. The summed E-state index contributed by atoms with van der Waals surface area (Å²) < 4.78 is 10.5. The van der Waals surface area contributed by atoms with E-state index in [1.807, 2.05) is 6.92 Å². The number of rotatable bonds is 6. The van der Waals surface area contributed by atoms with Crippen LogP contribution < -0.4 is 20.5 Å². The van der Waals surface area contributed by atoms with E-state index in [0.29, 0.717) is 23.6 Å². The molecule has 0 bridgehead atoms. The highest BCUT2D eigenvalue weighted by molar-refractivity contribution is 5.82. The molecule has 0 spiro atoms. The van der Waals surface area contributed by atoms with E-state index in [9.17, 15) is 4.79 Å². The fraction of sp³-hybridized carbons (Fsp3) is 0.417. The van der Waals surface area contributed by atoms with E-state index in [1.165, 1.54) is 7.11 Å². The summed E-state index contributed by atoms with van der Waals surface area (Å²) in [6.45, 7) is 2.54. The van der Waals surface area contributed by atoms with Crippen molar-refractivity contribution >= 4 is 5.91 Å². The van der Waals surface area contributed by atoms with Gasteiger partial charge in [-0.15, -0.1) is 0 Å². The van der Waals surface area contributed by atoms with E-state index >= 15 is 0 Å². The Morgan fingerprint density at radius 2 is 2.12 bits per heavy atom. The van der Waals surface area contributed by atoms with E-state index in [4.69, 9.17) is 15.2 Å². The number of amides is 1. The minimum absolute atomic E-state index is 0.446. The summed E-state index contributed by atoms with van der Waals surface area (Å²) in [4.78, 5) is 11.4. The summed E-state index contributed by atoms with van der Waals surface area (Å²) in [6, 6.07) is 4.78. The number of nitrogens with one attached hydrogen (secondary N) is 1. The average Bonchev–Trinajstić information content (AvgIpc) is 2.34. The predicted molar refractivity (Wildman–Crippen MR) is 65.2 cm³/mol. The van der Waals surface area contributed by atoms with E-state index in [-0.39, 0.29) is 0 Å². The zero-order chi connectivity index (χ0) is 12.8. The lowest BCUT2D eigenvalue weighted by molar-refractivity contribution is -0.120. The molecule has 0 aliphatic heterocycles. The van der Waals surface area contributed by atoms with Gasteiger partial charge in [-0.1, -0.05) is 19.1 Å². The summed E-state index contributed by atoms with van der Waals surface area (Å²) in [6.07, 6.45) is 0. The Hall–Kier alpha value is -1.75. The van der Waals surface area contributed by atoms with Crippen molar-refractivity contribution in [1.82, 2.24) is 5.32 Å². The molecule has 5 heteroatoms. The molecule has 1 amide bonds. The molecular weight excluding hydrogens is 220 g/mol. The normalized spacial score (nSPS) is 11.9. The van der Waals surface area contributed by atoms with Gasteiger partial charge in [-0.25, -0.2) is 0 Å². The van der Waals surface area contributed by atoms with Crippen molar-refractivity contribution in [2.75, 3.05) is 20.8 Å². The minimum Gasteiger partial charge on any atom is -0.493 e. The van der Waals surface area contributed by atoms with Crippen LogP contribution in [0.3, 0.4) is 0 Å². The van der Waals surface area contributed by atoms with Crippen LogP contribution in [0.15, 0.2) is 18.2 Å². The van der Waals surface area contributed by atoms with Crippen LogP contribution in [-0.2, 0) is 4.79 Å². The second-order valence-electron chi connectivity index (χ2n) is 3.48. The first-order chi connectivity index (χ1) is 8.15. The predicted octanol–water partition coefficient (Wildman–Crippen LogP) is 0.840. The molecule has 5 nitrogen and oxygen atoms in total. The molecule has 0 aliphatic carbocycles. The SMILES string of the molecule is CCNC(C(N)=O)c1cccc(OC)c1OC. The van der Waals surface area contributed by atoms with Gasteiger partial charge in [0, 0.05) is 5.56 Å². The van der Waals surface area contributed by atoms with Crippen LogP contribution in [0.4, 0.5) is 0 Å². The minimum atomic E-state index is -0.579. The Bertz CT molecular complexity index is 393. The van der Waals surface area contributed by atoms with Crippen molar-refractivity contribution in [3.63, 3.8) is 0 Å². The fourth-order valence-corrected chi connectivity index (χ4v) is 1.71. The summed E-state index contributed by atoms with van der Waals surface area (Å²) in [5, 5.41) is 3.01. The summed E-state index contributed by atoms with van der Waals surface area (Å²) in [5.74, 6) is 0.660. The first-order valence-electron chi connectivity index (χ1n) is 5.39. The van der Waals surface area contributed by atoms with Crippen LogP contribution in [0, 0.1) is 0 Å². The van der Waals surface area contributed by atoms with Gasteiger partial charge in [0.1, 0.15) is 6.04 Å². The zero-order valence-corrected chi connectivity index (χ0v) is 10.3. The number of carbonyl (C=O) groups excluding carboxylic acids is 1. The van der Waals surface area contributed by atoms with Crippen molar-refractivity contribution in [3.05, 3.63) is 23.8 Å². The quantitative estimate of drug-likeness (QED) is 0.770. The Morgan fingerprint density at radius 3 is 2.59 bits per heavy atom. The largest absolute Gasteiger partial charge is 0.493 e. The van der Waals surface area contributed by atoms with Crippen LogP contribution in [0.2, 0.25) is 0 Å². The highest BCUT2D eigenvalue weighted by Crippen LogP contribution is 2.34. The molecule has 3 N–H and O–H groups in total. The molecule has 0 aliphatic rings. The monoisotopic (exact) mass is 238 g/mol. The highest BCUT2D eigenvalue weighted by atomic mass is 16.5. The van der Waals surface area contributed by atoms with Crippen LogP contribution in [-0.4, -0.2) is 26.7 Å². The van der Waals surface area contributed by atoms with Gasteiger partial charge in [0.2, 0.25) is 5.91 Å². The Kier molecular flexibility index (Phi) is 4.78. The molecule has 1 aromatic rings. The number of carbonyl (C=O) groups is 1. The number of para-hydroxylation sites is 1. The molecular formula is C12H18N2O3. The third-order valence-corrected chi connectivity index (χ3v) is 2.44. The van der Waals surface area contributed by atoms with Gasteiger partial charge in [-0.05, 0) is 12.6 Å². The topological polar surface area (TPSA) is 73.6 Å². The second kappa shape index (κ2) is 6.10. The molecule has 17 heavy (non-hydrogen) atoms. The molecule has 0 saturated carbocycles. The van der Waals surface area contributed by atoms with Gasteiger partial charge in [0.05, 0.1) is 14.2 Å². The van der Waals surface area contributed by atoms with Crippen LogP contribution in [0.5, 0.6) is 11.5 Å². The number of nitrogens with two attached hydrogens (primary N) is 1. The highest BCUT2D eigenvalue weighted by Gasteiger charge is 2.22. The molecule has 0 saturated heterocycles. The molecule has 0 aromatic heterocycles. The van der Waals surface area contributed by atoms with Gasteiger partial charge in [0.15, 0.2) is 11.5 Å². The smallest absolute Gasteiger partial charge is 0.239 e. The van der Waals surface area contributed by atoms with E-state index in [2.05, 4.69) is 5.32 Å². The Labute approximate surface area is 101 Å². The van der Waals surface area contributed by atoms with E-state index in [1.54, 1.807) is 25.3 Å². The molecule has 0 heterocycles. The number of hydrogen-bond acceptors (Lipinski definition) is 4.